The number of carbonyl (C=O) groups is 3. The summed E-state index contributed by atoms with van der Waals surface area (Å²) in [6.45, 7) is 1.30. The number of nitrogens with one attached hydrogen (secondary N) is 2. The first-order valence-electron chi connectivity index (χ1n) is 11.4. The molecule has 0 aliphatic carbocycles. The Morgan fingerprint density at radius 2 is 1.63 bits per heavy atom. The van der Waals surface area contributed by atoms with Crippen molar-refractivity contribution in [1.29, 1.82) is 0 Å². The van der Waals surface area contributed by atoms with Crippen LogP contribution in [0.2, 0.25) is 0 Å². The van der Waals surface area contributed by atoms with Gasteiger partial charge >= 0.3 is 6.18 Å². The zero-order valence-electron chi connectivity index (χ0n) is 19.5. The van der Waals surface area contributed by atoms with Gasteiger partial charge in [-0.15, -0.1) is 0 Å². The molecular weight excluding hydrogens is 461 g/mol. The summed E-state index contributed by atoms with van der Waals surface area (Å²) in [6.07, 6.45) is -3.37. The number of para-hydroxylation sites is 1. The van der Waals surface area contributed by atoms with Crippen LogP contribution in [0.25, 0.3) is 0 Å². The summed E-state index contributed by atoms with van der Waals surface area (Å²) in [5.74, 6) is -1.17. The van der Waals surface area contributed by atoms with E-state index in [-0.39, 0.29) is 36.5 Å². The Kier molecular flexibility index (Phi) is 8.86. The molecule has 0 unspecified atom stereocenters. The molecule has 1 fully saturated rings. The van der Waals surface area contributed by atoms with Crippen LogP contribution in [0.1, 0.15) is 24.0 Å². The number of anilines is 1. The zero-order valence-corrected chi connectivity index (χ0v) is 19.5. The topological polar surface area (TPSA) is 81.8 Å². The van der Waals surface area contributed by atoms with Gasteiger partial charge in [0.25, 0.3) is 0 Å². The third-order valence-corrected chi connectivity index (χ3v) is 5.94. The van der Waals surface area contributed by atoms with E-state index in [4.69, 9.17) is 0 Å². The second kappa shape index (κ2) is 11.8. The van der Waals surface area contributed by atoms with Crippen LogP contribution in [0.4, 0.5) is 18.9 Å². The molecule has 0 spiro atoms. The van der Waals surface area contributed by atoms with Crippen LogP contribution in [0, 0.1) is 5.92 Å². The van der Waals surface area contributed by atoms with E-state index < -0.39 is 17.6 Å². The summed E-state index contributed by atoms with van der Waals surface area (Å²) in [6, 6.07) is 14.3. The predicted octanol–water partition coefficient (Wildman–Crippen LogP) is 3.13. The van der Waals surface area contributed by atoms with E-state index in [2.05, 4.69) is 10.6 Å². The van der Waals surface area contributed by atoms with E-state index in [1.165, 1.54) is 30.1 Å². The number of hydrogen-bond acceptors (Lipinski definition) is 4. The molecule has 1 saturated heterocycles. The van der Waals surface area contributed by atoms with Crippen molar-refractivity contribution >= 4 is 23.4 Å². The fourth-order valence-corrected chi connectivity index (χ4v) is 3.93. The van der Waals surface area contributed by atoms with Gasteiger partial charge in [0.05, 0.1) is 24.3 Å². The number of hydrogen-bond donors (Lipinski definition) is 2. The molecule has 0 saturated carbocycles. The number of nitrogens with zero attached hydrogens (tertiary/aromatic N) is 2. The summed E-state index contributed by atoms with van der Waals surface area (Å²) in [4.78, 5) is 40.3. The van der Waals surface area contributed by atoms with E-state index in [1.54, 1.807) is 0 Å². The molecule has 35 heavy (non-hydrogen) atoms. The molecule has 2 aromatic carbocycles. The SMILES string of the molecule is CN(CC(=O)Nc1ccccc1C(F)(F)F)C(=O)CN1CCC(C(=O)NCc2ccccc2)CC1. The minimum Gasteiger partial charge on any atom is -0.352 e. The molecule has 188 valence electrons. The van der Waals surface area contributed by atoms with Crippen molar-refractivity contribution in [3.63, 3.8) is 0 Å². The van der Waals surface area contributed by atoms with Gasteiger partial charge in [0.15, 0.2) is 0 Å². The zero-order chi connectivity index (χ0) is 25.4. The van der Waals surface area contributed by atoms with Crippen molar-refractivity contribution < 1.29 is 27.6 Å². The van der Waals surface area contributed by atoms with E-state index in [1.807, 2.05) is 35.2 Å². The fourth-order valence-electron chi connectivity index (χ4n) is 3.93. The monoisotopic (exact) mass is 490 g/mol. The molecule has 1 heterocycles. The second-order valence-electron chi connectivity index (χ2n) is 8.60. The molecule has 2 aromatic rings. The van der Waals surface area contributed by atoms with Crippen molar-refractivity contribution in [2.75, 3.05) is 38.5 Å². The molecule has 3 amide bonds. The van der Waals surface area contributed by atoms with Crippen LogP contribution in [0.5, 0.6) is 0 Å². The highest BCUT2D eigenvalue weighted by atomic mass is 19.4. The van der Waals surface area contributed by atoms with Crippen LogP contribution in [-0.4, -0.2) is 60.7 Å². The molecule has 1 aliphatic heterocycles. The smallest absolute Gasteiger partial charge is 0.352 e. The number of likely N-dealkylation sites (tertiary alicyclic amines) is 1. The first kappa shape index (κ1) is 26.2. The molecule has 1 aliphatic rings. The Morgan fingerprint density at radius 3 is 2.29 bits per heavy atom. The maximum absolute atomic E-state index is 13.1. The fraction of sp³-hybridized carbons (Fsp3) is 0.400. The molecule has 7 nitrogen and oxygen atoms in total. The largest absolute Gasteiger partial charge is 0.418 e. The lowest BCUT2D eigenvalue weighted by atomic mass is 9.96. The highest BCUT2D eigenvalue weighted by molar-refractivity contribution is 5.95. The quantitative estimate of drug-likeness (QED) is 0.596. The Labute approximate surface area is 202 Å². The van der Waals surface area contributed by atoms with Crippen LogP contribution in [0.15, 0.2) is 54.6 Å². The van der Waals surface area contributed by atoms with Crippen molar-refractivity contribution in [2.45, 2.75) is 25.6 Å². The van der Waals surface area contributed by atoms with Gasteiger partial charge in [0.1, 0.15) is 0 Å². The molecule has 3 rings (SSSR count). The predicted molar refractivity (Wildman–Crippen MR) is 125 cm³/mol. The lowest BCUT2D eigenvalue weighted by Crippen LogP contribution is -2.46. The molecule has 0 atom stereocenters. The second-order valence-corrected chi connectivity index (χ2v) is 8.60. The van der Waals surface area contributed by atoms with Crippen molar-refractivity contribution in [3.05, 3.63) is 65.7 Å². The highest BCUT2D eigenvalue weighted by Gasteiger charge is 2.33. The van der Waals surface area contributed by atoms with E-state index in [0.29, 0.717) is 32.5 Å². The normalized spacial score (nSPS) is 14.9. The summed E-state index contributed by atoms with van der Waals surface area (Å²) < 4.78 is 39.3. The number of amides is 3. The lowest BCUT2D eigenvalue weighted by Gasteiger charge is -2.31. The third-order valence-electron chi connectivity index (χ3n) is 5.94. The van der Waals surface area contributed by atoms with Crippen LogP contribution >= 0.6 is 0 Å². The van der Waals surface area contributed by atoms with Crippen molar-refractivity contribution in [2.24, 2.45) is 5.92 Å². The van der Waals surface area contributed by atoms with E-state index >= 15 is 0 Å². The third kappa shape index (κ3) is 7.81. The number of carbonyl (C=O) groups excluding carboxylic acids is 3. The lowest BCUT2D eigenvalue weighted by molar-refractivity contribution is -0.137. The van der Waals surface area contributed by atoms with Gasteiger partial charge in [-0.25, -0.2) is 0 Å². The molecule has 0 bridgehead atoms. The van der Waals surface area contributed by atoms with Gasteiger partial charge in [-0.3, -0.25) is 19.3 Å². The standard InChI is InChI=1S/C25H29F3N4O3/c1-31(16-22(33)30-21-10-6-5-9-20(21)25(26,27)28)23(34)17-32-13-11-19(12-14-32)24(35)29-15-18-7-3-2-4-8-18/h2-10,19H,11-17H2,1H3,(H,29,35)(H,30,33). The Balaban J connectivity index is 1.41. The minimum atomic E-state index is -4.60. The van der Waals surface area contributed by atoms with Crippen molar-refractivity contribution in [1.82, 2.24) is 15.1 Å². The van der Waals surface area contributed by atoms with E-state index in [0.717, 1.165) is 11.6 Å². The molecule has 0 radical (unpaired) electrons. The minimum absolute atomic E-state index is 0.00671. The molecular formula is C25H29F3N4O3. The average molecular weight is 491 g/mol. The van der Waals surface area contributed by atoms with Crippen LogP contribution < -0.4 is 10.6 Å². The van der Waals surface area contributed by atoms with Crippen molar-refractivity contribution in [3.8, 4) is 0 Å². The summed E-state index contributed by atoms with van der Waals surface area (Å²) in [7, 11) is 1.43. The summed E-state index contributed by atoms with van der Waals surface area (Å²) >= 11 is 0. The van der Waals surface area contributed by atoms with Gasteiger partial charge in [-0.1, -0.05) is 42.5 Å². The Hall–Kier alpha value is -3.40. The number of rotatable bonds is 8. The molecule has 2 N–H and O–H groups in total. The summed E-state index contributed by atoms with van der Waals surface area (Å²) in [5, 5.41) is 5.19. The highest BCUT2D eigenvalue weighted by Crippen LogP contribution is 2.34. The van der Waals surface area contributed by atoms with Gasteiger partial charge < -0.3 is 15.5 Å². The van der Waals surface area contributed by atoms with Gasteiger partial charge in [-0.2, -0.15) is 13.2 Å². The molecule has 10 heteroatoms. The van der Waals surface area contributed by atoms with Crippen LogP contribution in [0.3, 0.4) is 0 Å². The first-order chi connectivity index (χ1) is 16.6. The van der Waals surface area contributed by atoms with Gasteiger partial charge in [0.2, 0.25) is 17.7 Å². The van der Waals surface area contributed by atoms with Gasteiger partial charge in [-0.05, 0) is 43.6 Å². The number of piperidine rings is 1. The Bertz CT molecular complexity index is 1020. The van der Waals surface area contributed by atoms with Crippen LogP contribution in [-0.2, 0) is 27.1 Å². The number of alkyl halides is 3. The summed E-state index contributed by atoms with van der Waals surface area (Å²) in [5.41, 5.74) is -0.269. The molecule has 0 aromatic heterocycles. The number of halogens is 3. The average Bonchev–Trinajstić information content (AvgIpc) is 2.83. The maximum Gasteiger partial charge on any atom is 0.418 e. The van der Waals surface area contributed by atoms with E-state index in [9.17, 15) is 27.6 Å². The maximum atomic E-state index is 13.1. The number of likely N-dealkylation sites (N-methyl/N-ethyl adjacent to an activating group) is 1. The van der Waals surface area contributed by atoms with Gasteiger partial charge in [0, 0.05) is 19.5 Å². The Morgan fingerprint density at radius 1 is 1.00 bits per heavy atom. The first-order valence-corrected chi connectivity index (χ1v) is 11.4. The number of benzene rings is 2.